The lowest BCUT2D eigenvalue weighted by Crippen LogP contribution is -2.46. The van der Waals surface area contributed by atoms with Gasteiger partial charge in [-0.05, 0) is 36.8 Å². The van der Waals surface area contributed by atoms with Crippen LogP contribution in [0, 0.1) is 6.92 Å². The normalized spacial score (nSPS) is 14.7. The third-order valence-electron chi connectivity index (χ3n) is 3.86. The van der Waals surface area contributed by atoms with Gasteiger partial charge in [0.1, 0.15) is 5.82 Å². The fraction of sp³-hybridized carbons (Fsp3) is 0.312. The Bertz CT molecular complexity index is 701. The van der Waals surface area contributed by atoms with Gasteiger partial charge in [-0.2, -0.15) is 4.98 Å². The Labute approximate surface area is 143 Å². The summed E-state index contributed by atoms with van der Waals surface area (Å²) < 4.78 is 1.04. The van der Waals surface area contributed by atoms with Crippen LogP contribution in [-0.2, 0) is 4.79 Å². The lowest BCUT2D eigenvalue weighted by Gasteiger charge is -2.33. The molecule has 23 heavy (non-hydrogen) atoms. The highest BCUT2D eigenvalue weighted by Gasteiger charge is 2.17. The van der Waals surface area contributed by atoms with Crippen LogP contribution in [0.2, 0.25) is 0 Å². The van der Waals surface area contributed by atoms with E-state index in [2.05, 4.69) is 36.1 Å². The van der Waals surface area contributed by atoms with E-state index in [9.17, 15) is 4.79 Å². The molecule has 1 aromatic heterocycles. The van der Waals surface area contributed by atoms with Crippen LogP contribution in [0.4, 0.5) is 17.5 Å². The molecule has 0 radical (unpaired) electrons. The van der Waals surface area contributed by atoms with E-state index in [4.69, 9.17) is 0 Å². The van der Waals surface area contributed by atoms with Crippen LogP contribution in [-0.4, -0.2) is 47.5 Å². The minimum absolute atomic E-state index is 0.575. The molecule has 1 N–H and O–H groups in total. The Morgan fingerprint density at radius 3 is 2.70 bits per heavy atom. The summed E-state index contributed by atoms with van der Waals surface area (Å²) in [6.07, 6.45) is 2.66. The van der Waals surface area contributed by atoms with E-state index >= 15 is 0 Å². The van der Waals surface area contributed by atoms with Gasteiger partial charge in [0, 0.05) is 42.5 Å². The van der Waals surface area contributed by atoms with Gasteiger partial charge in [-0.25, -0.2) is 4.98 Å². The van der Waals surface area contributed by atoms with Gasteiger partial charge in [-0.15, -0.1) is 0 Å². The lowest BCUT2D eigenvalue weighted by molar-refractivity contribution is -0.118. The summed E-state index contributed by atoms with van der Waals surface area (Å²) >= 11 is 3.46. The summed E-state index contributed by atoms with van der Waals surface area (Å²) in [7, 11) is 0. The van der Waals surface area contributed by atoms with Gasteiger partial charge >= 0.3 is 0 Å². The third kappa shape index (κ3) is 3.79. The maximum atomic E-state index is 10.8. The summed E-state index contributed by atoms with van der Waals surface area (Å²) in [6, 6.07) is 7.93. The fourth-order valence-electron chi connectivity index (χ4n) is 2.53. The van der Waals surface area contributed by atoms with Gasteiger partial charge in [-0.3, -0.25) is 4.79 Å². The summed E-state index contributed by atoms with van der Waals surface area (Å²) in [5.74, 6) is 1.45. The molecule has 2 heterocycles. The molecule has 2 aromatic rings. The lowest BCUT2D eigenvalue weighted by atomic mass is 10.2. The van der Waals surface area contributed by atoms with Crippen molar-refractivity contribution in [2.24, 2.45) is 0 Å². The second-order valence-electron chi connectivity index (χ2n) is 5.45. The van der Waals surface area contributed by atoms with Crippen LogP contribution in [0.1, 0.15) is 5.56 Å². The number of carbonyl (C=O) groups is 1. The van der Waals surface area contributed by atoms with Crippen molar-refractivity contribution >= 4 is 39.8 Å². The molecule has 1 amide bonds. The van der Waals surface area contributed by atoms with E-state index in [-0.39, 0.29) is 0 Å². The molecular weight excluding hydrogens is 358 g/mol. The molecule has 0 spiro atoms. The second-order valence-corrected chi connectivity index (χ2v) is 6.37. The monoisotopic (exact) mass is 375 g/mol. The van der Waals surface area contributed by atoms with Crippen molar-refractivity contribution in [3.8, 4) is 0 Å². The van der Waals surface area contributed by atoms with Crippen molar-refractivity contribution in [2.75, 3.05) is 36.4 Å². The van der Waals surface area contributed by atoms with Gasteiger partial charge in [0.15, 0.2) is 0 Å². The molecule has 0 unspecified atom stereocenters. The number of rotatable bonds is 4. The van der Waals surface area contributed by atoms with Crippen molar-refractivity contribution < 1.29 is 4.79 Å². The zero-order chi connectivity index (χ0) is 16.2. The van der Waals surface area contributed by atoms with Gasteiger partial charge in [0.05, 0.1) is 0 Å². The van der Waals surface area contributed by atoms with Crippen molar-refractivity contribution in [3.05, 3.63) is 40.5 Å². The molecule has 0 saturated carbocycles. The second kappa shape index (κ2) is 6.95. The Hall–Kier alpha value is -2.15. The molecule has 1 aliphatic heterocycles. The number of piperazine rings is 1. The number of nitrogens with one attached hydrogen (secondary N) is 1. The number of amides is 1. The molecule has 1 fully saturated rings. The first-order valence-corrected chi connectivity index (χ1v) is 8.25. The van der Waals surface area contributed by atoms with E-state index in [0.29, 0.717) is 5.95 Å². The van der Waals surface area contributed by atoms with Gasteiger partial charge in [0.25, 0.3) is 0 Å². The molecule has 3 rings (SSSR count). The van der Waals surface area contributed by atoms with Crippen LogP contribution >= 0.6 is 15.9 Å². The number of halogens is 1. The number of hydrogen-bond donors (Lipinski definition) is 1. The van der Waals surface area contributed by atoms with Gasteiger partial charge in [0.2, 0.25) is 12.4 Å². The highest BCUT2D eigenvalue weighted by atomic mass is 79.9. The maximum absolute atomic E-state index is 10.8. The minimum atomic E-state index is 0.575. The van der Waals surface area contributed by atoms with E-state index in [1.165, 1.54) is 0 Å². The molecule has 120 valence electrons. The molecule has 0 bridgehead atoms. The number of hydrogen-bond acceptors (Lipinski definition) is 5. The summed E-state index contributed by atoms with van der Waals surface area (Å²) in [4.78, 5) is 23.6. The molecule has 1 aliphatic rings. The first kappa shape index (κ1) is 15.7. The maximum Gasteiger partial charge on any atom is 0.229 e. The molecule has 1 saturated heterocycles. The van der Waals surface area contributed by atoms with Crippen LogP contribution in [0.15, 0.2) is 34.9 Å². The molecule has 7 heteroatoms. The van der Waals surface area contributed by atoms with E-state index < -0.39 is 0 Å². The van der Waals surface area contributed by atoms with Crippen molar-refractivity contribution in [2.45, 2.75) is 6.92 Å². The Balaban J connectivity index is 1.74. The van der Waals surface area contributed by atoms with E-state index in [0.717, 1.165) is 54.1 Å². The average molecular weight is 376 g/mol. The third-order valence-corrected chi connectivity index (χ3v) is 4.36. The SMILES string of the molecule is Cc1cc(Br)ccc1Nc1nccc(N2CCN(C=O)CC2)n1. The Kier molecular flexibility index (Phi) is 4.76. The van der Waals surface area contributed by atoms with Crippen LogP contribution in [0.5, 0.6) is 0 Å². The predicted molar refractivity (Wildman–Crippen MR) is 94.0 cm³/mol. The number of carbonyl (C=O) groups excluding carboxylic acids is 1. The number of nitrogens with zero attached hydrogens (tertiary/aromatic N) is 4. The average Bonchev–Trinajstić information content (AvgIpc) is 2.58. The predicted octanol–water partition coefficient (Wildman–Crippen LogP) is 2.57. The first-order valence-electron chi connectivity index (χ1n) is 7.46. The summed E-state index contributed by atoms with van der Waals surface area (Å²) in [5.41, 5.74) is 2.10. The van der Waals surface area contributed by atoms with E-state index in [1.807, 2.05) is 31.2 Å². The zero-order valence-corrected chi connectivity index (χ0v) is 14.5. The molecule has 0 atom stereocenters. The highest BCUT2D eigenvalue weighted by Crippen LogP contribution is 2.23. The Morgan fingerprint density at radius 2 is 2.00 bits per heavy atom. The van der Waals surface area contributed by atoms with Crippen molar-refractivity contribution in [3.63, 3.8) is 0 Å². The molecular formula is C16H18BrN5O. The summed E-state index contributed by atoms with van der Waals surface area (Å²) in [6.45, 7) is 5.05. The number of anilines is 3. The van der Waals surface area contributed by atoms with Gasteiger partial charge < -0.3 is 15.1 Å². The largest absolute Gasteiger partial charge is 0.353 e. The van der Waals surface area contributed by atoms with Gasteiger partial charge in [-0.1, -0.05) is 15.9 Å². The topological polar surface area (TPSA) is 61.4 Å². The molecule has 6 nitrogen and oxygen atoms in total. The minimum Gasteiger partial charge on any atom is -0.353 e. The number of aromatic nitrogens is 2. The van der Waals surface area contributed by atoms with E-state index in [1.54, 1.807) is 11.1 Å². The van der Waals surface area contributed by atoms with Crippen molar-refractivity contribution in [1.29, 1.82) is 0 Å². The highest BCUT2D eigenvalue weighted by molar-refractivity contribution is 9.10. The molecule has 0 aliphatic carbocycles. The van der Waals surface area contributed by atoms with Crippen LogP contribution in [0.3, 0.4) is 0 Å². The van der Waals surface area contributed by atoms with Crippen LogP contribution in [0.25, 0.3) is 0 Å². The van der Waals surface area contributed by atoms with Crippen LogP contribution < -0.4 is 10.2 Å². The summed E-state index contributed by atoms with van der Waals surface area (Å²) in [5, 5.41) is 3.26. The number of aryl methyl sites for hydroxylation is 1. The molecule has 1 aromatic carbocycles. The first-order chi connectivity index (χ1) is 11.2. The smallest absolute Gasteiger partial charge is 0.229 e. The Morgan fingerprint density at radius 1 is 1.22 bits per heavy atom. The quantitative estimate of drug-likeness (QED) is 0.832. The fourth-order valence-corrected chi connectivity index (χ4v) is 3.01. The van der Waals surface area contributed by atoms with Crippen molar-refractivity contribution in [1.82, 2.24) is 14.9 Å². The zero-order valence-electron chi connectivity index (χ0n) is 12.9. The standard InChI is InChI=1S/C16H18BrN5O/c1-12-10-13(17)2-3-14(12)19-16-18-5-4-15(20-16)22-8-6-21(11-23)7-9-22/h2-5,10-11H,6-9H2,1H3,(H,18,19,20). The number of benzene rings is 1.